The Hall–Kier alpha value is -3.47. The van der Waals surface area contributed by atoms with Crippen molar-refractivity contribution in [2.75, 3.05) is 17.7 Å². The minimum absolute atomic E-state index is 0.0953. The first-order valence-electron chi connectivity index (χ1n) is 10.6. The van der Waals surface area contributed by atoms with Gasteiger partial charge in [-0.1, -0.05) is 0 Å². The summed E-state index contributed by atoms with van der Waals surface area (Å²) in [6.07, 6.45) is 3.86. The molecule has 2 aliphatic carbocycles. The predicted molar refractivity (Wildman–Crippen MR) is 116 cm³/mol. The lowest BCUT2D eigenvalue weighted by molar-refractivity contribution is 0.0935. The molecular formula is C21H24FN7O3. The second-order valence-corrected chi connectivity index (χ2v) is 8.29. The van der Waals surface area contributed by atoms with E-state index in [2.05, 4.69) is 26.0 Å². The van der Waals surface area contributed by atoms with Crippen molar-refractivity contribution in [2.24, 2.45) is 0 Å². The zero-order valence-corrected chi connectivity index (χ0v) is 17.5. The average Bonchev–Trinajstić information content (AvgIpc) is 3.14. The number of carbonyl (C=O) groups excluding carboxylic acids is 1. The van der Waals surface area contributed by atoms with Gasteiger partial charge in [0.2, 0.25) is 0 Å². The highest BCUT2D eigenvalue weighted by Crippen LogP contribution is 2.37. The summed E-state index contributed by atoms with van der Waals surface area (Å²) >= 11 is 0. The van der Waals surface area contributed by atoms with Gasteiger partial charge in [-0.15, -0.1) is 0 Å². The van der Waals surface area contributed by atoms with Gasteiger partial charge in [-0.2, -0.15) is 9.61 Å². The standard InChI is InChI=1S/C21H24FN7O3/c1-23-18-9-17(26-15-3-2-6-28(21(15)32)16-8-14(16)22)27-19-13(10-24-29(18)19)20(31)25-11-4-5-12(30)7-11/h2-3,6,9-12,14,16,23,30H,4-5,7-8H2,1H3,(H,25,31)(H,26,27)/t11-,12+,14-,16-/m0/s1. The van der Waals surface area contributed by atoms with Crippen molar-refractivity contribution in [2.45, 2.75) is 50.0 Å². The summed E-state index contributed by atoms with van der Waals surface area (Å²) < 4.78 is 16.4. The maximum Gasteiger partial charge on any atom is 0.274 e. The van der Waals surface area contributed by atoms with Gasteiger partial charge < -0.3 is 25.6 Å². The molecule has 0 aromatic carbocycles. The number of nitrogens with one attached hydrogen (secondary N) is 3. The predicted octanol–water partition coefficient (Wildman–Crippen LogP) is 1.60. The van der Waals surface area contributed by atoms with E-state index in [1.807, 2.05) is 0 Å². The summed E-state index contributed by atoms with van der Waals surface area (Å²) in [6, 6.07) is 4.43. The van der Waals surface area contributed by atoms with Gasteiger partial charge >= 0.3 is 0 Å². The number of alkyl halides is 1. The van der Waals surface area contributed by atoms with E-state index in [1.54, 1.807) is 31.4 Å². The van der Waals surface area contributed by atoms with E-state index in [4.69, 9.17) is 0 Å². The number of aliphatic hydroxyl groups excluding tert-OH is 1. The van der Waals surface area contributed by atoms with Crippen LogP contribution in [0.4, 0.5) is 21.7 Å². The largest absolute Gasteiger partial charge is 0.393 e. The monoisotopic (exact) mass is 441 g/mol. The molecule has 0 spiro atoms. The number of aromatic nitrogens is 4. The molecule has 32 heavy (non-hydrogen) atoms. The minimum atomic E-state index is -0.998. The van der Waals surface area contributed by atoms with E-state index in [0.29, 0.717) is 36.5 Å². The third kappa shape index (κ3) is 3.68. The van der Waals surface area contributed by atoms with E-state index in [9.17, 15) is 19.1 Å². The van der Waals surface area contributed by atoms with Crippen LogP contribution in [-0.2, 0) is 0 Å². The van der Waals surface area contributed by atoms with Crippen molar-refractivity contribution in [3.63, 3.8) is 0 Å². The minimum Gasteiger partial charge on any atom is -0.393 e. The molecule has 168 valence electrons. The first-order valence-corrected chi connectivity index (χ1v) is 10.6. The van der Waals surface area contributed by atoms with Gasteiger partial charge in [0, 0.05) is 31.8 Å². The molecule has 4 N–H and O–H groups in total. The summed E-state index contributed by atoms with van der Waals surface area (Å²) in [5, 5.41) is 22.9. The molecule has 2 saturated carbocycles. The number of amides is 1. The number of hydrogen-bond acceptors (Lipinski definition) is 7. The van der Waals surface area contributed by atoms with Gasteiger partial charge in [0.1, 0.15) is 29.1 Å². The van der Waals surface area contributed by atoms with Crippen LogP contribution in [0.1, 0.15) is 42.1 Å². The summed E-state index contributed by atoms with van der Waals surface area (Å²) in [7, 11) is 1.71. The number of aliphatic hydroxyl groups is 1. The van der Waals surface area contributed by atoms with Gasteiger partial charge in [-0.05, 0) is 31.4 Å². The molecule has 0 saturated heterocycles. The molecule has 0 aliphatic heterocycles. The summed E-state index contributed by atoms with van der Waals surface area (Å²) in [5.74, 6) is 0.584. The SMILES string of the molecule is CNc1cc(Nc2cccn([C@H]3C[C@@H]3F)c2=O)nc2c(C(=O)N[C@H]3CC[C@@H](O)C3)cnn12. The lowest BCUT2D eigenvalue weighted by Crippen LogP contribution is -2.33. The highest BCUT2D eigenvalue weighted by molar-refractivity contribution is 6.00. The smallest absolute Gasteiger partial charge is 0.274 e. The Morgan fingerprint density at radius 1 is 1.31 bits per heavy atom. The lowest BCUT2D eigenvalue weighted by Gasteiger charge is -2.13. The first-order chi connectivity index (χ1) is 15.4. The Morgan fingerprint density at radius 3 is 2.81 bits per heavy atom. The number of hydrogen-bond donors (Lipinski definition) is 4. The van der Waals surface area contributed by atoms with Crippen molar-refractivity contribution < 1.29 is 14.3 Å². The quantitative estimate of drug-likeness (QED) is 0.458. The number of rotatable bonds is 6. The molecule has 10 nitrogen and oxygen atoms in total. The van der Waals surface area contributed by atoms with Crippen LogP contribution >= 0.6 is 0 Å². The Bertz CT molecular complexity index is 1240. The first kappa shape index (κ1) is 20.4. The Kier molecular flexibility index (Phi) is 5.04. The molecule has 0 bridgehead atoms. The van der Waals surface area contributed by atoms with Crippen molar-refractivity contribution in [3.05, 3.63) is 46.5 Å². The van der Waals surface area contributed by atoms with Crippen LogP contribution in [0.3, 0.4) is 0 Å². The van der Waals surface area contributed by atoms with Crippen LogP contribution in [-0.4, -0.2) is 55.5 Å². The summed E-state index contributed by atoms with van der Waals surface area (Å²) in [4.78, 5) is 30.1. The number of fused-ring (bicyclic) bond motifs is 1. The van der Waals surface area contributed by atoms with Crippen LogP contribution in [0.2, 0.25) is 0 Å². The molecule has 2 aliphatic rings. The number of carbonyl (C=O) groups is 1. The number of pyridine rings is 1. The van der Waals surface area contributed by atoms with Gasteiger partial charge in [0.05, 0.1) is 18.3 Å². The van der Waals surface area contributed by atoms with Crippen LogP contribution in [0.5, 0.6) is 0 Å². The van der Waals surface area contributed by atoms with Crippen LogP contribution < -0.4 is 21.5 Å². The van der Waals surface area contributed by atoms with E-state index >= 15 is 0 Å². The van der Waals surface area contributed by atoms with E-state index in [1.165, 1.54) is 15.3 Å². The van der Waals surface area contributed by atoms with E-state index in [0.717, 1.165) is 6.42 Å². The van der Waals surface area contributed by atoms with Crippen molar-refractivity contribution >= 4 is 28.9 Å². The lowest BCUT2D eigenvalue weighted by atomic mass is 10.2. The van der Waals surface area contributed by atoms with Crippen LogP contribution in [0, 0.1) is 0 Å². The Balaban J connectivity index is 1.46. The zero-order chi connectivity index (χ0) is 22.4. The maximum absolute atomic E-state index is 13.5. The molecule has 3 aromatic rings. The average molecular weight is 441 g/mol. The molecule has 11 heteroatoms. The number of halogens is 1. The molecule has 3 aromatic heterocycles. The van der Waals surface area contributed by atoms with Gasteiger partial charge in [-0.25, -0.2) is 9.37 Å². The molecule has 0 radical (unpaired) electrons. The molecule has 3 heterocycles. The topological polar surface area (TPSA) is 126 Å². The molecule has 4 atom stereocenters. The fourth-order valence-corrected chi connectivity index (χ4v) is 4.16. The molecule has 5 rings (SSSR count). The van der Waals surface area contributed by atoms with Crippen molar-refractivity contribution in [1.29, 1.82) is 0 Å². The highest BCUT2D eigenvalue weighted by Gasteiger charge is 2.39. The van der Waals surface area contributed by atoms with E-state index in [-0.39, 0.29) is 28.8 Å². The van der Waals surface area contributed by atoms with Crippen LogP contribution in [0.25, 0.3) is 5.65 Å². The normalized spacial score (nSPS) is 24.5. The Labute approximate surface area is 182 Å². The molecule has 0 unspecified atom stereocenters. The second kappa shape index (κ2) is 7.90. The van der Waals surface area contributed by atoms with Crippen molar-refractivity contribution in [3.8, 4) is 0 Å². The third-order valence-electron chi connectivity index (χ3n) is 5.99. The third-order valence-corrected chi connectivity index (χ3v) is 5.99. The summed E-state index contributed by atoms with van der Waals surface area (Å²) in [5.41, 5.74) is 0.528. The number of anilines is 3. The fraction of sp³-hybridized carbons (Fsp3) is 0.429. The van der Waals surface area contributed by atoms with E-state index < -0.39 is 18.3 Å². The maximum atomic E-state index is 13.5. The van der Waals surface area contributed by atoms with Crippen molar-refractivity contribution in [1.82, 2.24) is 24.5 Å². The second-order valence-electron chi connectivity index (χ2n) is 8.29. The van der Waals surface area contributed by atoms with Gasteiger partial charge in [-0.3, -0.25) is 9.59 Å². The summed E-state index contributed by atoms with van der Waals surface area (Å²) in [6.45, 7) is 0. The zero-order valence-electron chi connectivity index (χ0n) is 17.5. The van der Waals surface area contributed by atoms with Gasteiger partial charge in [0.15, 0.2) is 5.65 Å². The Morgan fingerprint density at radius 2 is 2.12 bits per heavy atom. The highest BCUT2D eigenvalue weighted by atomic mass is 19.1. The van der Waals surface area contributed by atoms with Gasteiger partial charge in [0.25, 0.3) is 11.5 Å². The fourth-order valence-electron chi connectivity index (χ4n) is 4.16. The molecular weight excluding hydrogens is 417 g/mol. The molecule has 2 fully saturated rings. The number of nitrogens with zero attached hydrogens (tertiary/aromatic N) is 4. The van der Waals surface area contributed by atoms with Crippen LogP contribution in [0.15, 0.2) is 35.4 Å². The molecule has 1 amide bonds.